The first-order chi connectivity index (χ1) is 11.1. The molecule has 1 aromatic rings. The van der Waals surface area contributed by atoms with Gasteiger partial charge in [0.1, 0.15) is 6.29 Å². The van der Waals surface area contributed by atoms with Crippen molar-refractivity contribution in [2.24, 2.45) is 11.3 Å². The fraction of sp³-hybridized carbons (Fsp3) is 0.529. The van der Waals surface area contributed by atoms with E-state index in [9.17, 15) is 14.7 Å². The number of rotatable bonds is 2. The van der Waals surface area contributed by atoms with E-state index in [1.807, 2.05) is 20.8 Å². The normalized spacial score (nSPS) is 25.2. The molecular weight excluding hydrogens is 353 g/mol. The molecule has 0 spiro atoms. The zero-order chi connectivity index (χ0) is 18.1. The molecular formula is C17H21Cl2NO4. The molecule has 1 unspecified atom stereocenters. The standard InChI is InChI=1S/C17H21Cl2NO4/c1-17(2,3)14-8-20(16(22)23)7-11(9-21)15(24-14)10-4-5-12(18)13(19)6-10/h4-6,9,11,14-15H,7-8H2,1-3H3,(H,22,23)/t11-,14?,15-/m0/s1. The highest BCUT2D eigenvalue weighted by atomic mass is 35.5. The molecule has 1 aliphatic rings. The van der Waals surface area contributed by atoms with Crippen LogP contribution in [0.1, 0.15) is 32.4 Å². The Bertz CT molecular complexity index is 630. The summed E-state index contributed by atoms with van der Waals surface area (Å²) in [6, 6.07) is 5.07. The number of carboxylic acid groups (broad SMARTS) is 1. The highest BCUT2D eigenvalue weighted by Crippen LogP contribution is 2.37. The molecule has 0 aliphatic carbocycles. The Hall–Kier alpha value is -1.30. The van der Waals surface area contributed by atoms with E-state index in [2.05, 4.69) is 0 Å². The van der Waals surface area contributed by atoms with E-state index in [1.165, 1.54) is 4.90 Å². The van der Waals surface area contributed by atoms with Crippen LogP contribution in [0.15, 0.2) is 18.2 Å². The van der Waals surface area contributed by atoms with Crippen molar-refractivity contribution in [3.8, 4) is 0 Å². The fourth-order valence-electron chi connectivity index (χ4n) is 2.71. The van der Waals surface area contributed by atoms with E-state index in [4.69, 9.17) is 27.9 Å². The molecule has 7 heteroatoms. The van der Waals surface area contributed by atoms with Crippen LogP contribution in [0.25, 0.3) is 0 Å². The number of hydrogen-bond donors (Lipinski definition) is 1. The van der Waals surface area contributed by atoms with E-state index < -0.39 is 18.1 Å². The average molecular weight is 374 g/mol. The highest BCUT2D eigenvalue weighted by molar-refractivity contribution is 6.42. The molecule has 2 rings (SSSR count). The van der Waals surface area contributed by atoms with Crippen molar-refractivity contribution < 1.29 is 19.4 Å². The summed E-state index contributed by atoms with van der Waals surface area (Å²) in [5.41, 5.74) is 0.419. The second-order valence-corrected chi connectivity index (χ2v) is 7.89. The van der Waals surface area contributed by atoms with Crippen LogP contribution >= 0.6 is 23.2 Å². The van der Waals surface area contributed by atoms with Crippen molar-refractivity contribution in [3.05, 3.63) is 33.8 Å². The Morgan fingerprint density at radius 2 is 1.96 bits per heavy atom. The van der Waals surface area contributed by atoms with Crippen LogP contribution in [-0.2, 0) is 9.53 Å². The molecule has 0 bridgehead atoms. The van der Waals surface area contributed by atoms with E-state index in [0.717, 1.165) is 6.29 Å². The Kier molecular flexibility index (Phi) is 5.78. The average Bonchev–Trinajstić information content (AvgIpc) is 2.69. The lowest BCUT2D eigenvalue weighted by Gasteiger charge is -2.33. The molecule has 1 N–H and O–H groups in total. The molecule has 3 atom stereocenters. The van der Waals surface area contributed by atoms with Gasteiger partial charge in [0.25, 0.3) is 0 Å². The van der Waals surface area contributed by atoms with E-state index in [0.29, 0.717) is 15.6 Å². The largest absolute Gasteiger partial charge is 0.465 e. The molecule has 1 heterocycles. The molecule has 1 amide bonds. The predicted octanol–water partition coefficient (Wildman–Crippen LogP) is 4.27. The topological polar surface area (TPSA) is 66.8 Å². The molecule has 1 aromatic carbocycles. The SMILES string of the molecule is CC(C)(C)C1CN(C(=O)O)C[C@@H](C=O)[C@H](c2ccc(Cl)c(Cl)c2)O1. The predicted molar refractivity (Wildman–Crippen MR) is 92.7 cm³/mol. The number of nitrogens with zero attached hydrogens (tertiary/aromatic N) is 1. The summed E-state index contributed by atoms with van der Waals surface area (Å²) in [6.45, 7) is 6.22. The smallest absolute Gasteiger partial charge is 0.407 e. The van der Waals surface area contributed by atoms with Gasteiger partial charge in [0.15, 0.2) is 0 Å². The summed E-state index contributed by atoms with van der Waals surface area (Å²) >= 11 is 12.0. The number of aldehydes is 1. The van der Waals surface area contributed by atoms with Crippen LogP contribution in [0, 0.1) is 11.3 Å². The van der Waals surface area contributed by atoms with Gasteiger partial charge in [-0.15, -0.1) is 0 Å². The van der Waals surface area contributed by atoms with E-state index in [1.54, 1.807) is 18.2 Å². The van der Waals surface area contributed by atoms with Gasteiger partial charge in [0.2, 0.25) is 0 Å². The van der Waals surface area contributed by atoms with Crippen LogP contribution in [0.3, 0.4) is 0 Å². The van der Waals surface area contributed by atoms with Crippen molar-refractivity contribution >= 4 is 35.6 Å². The third-order valence-electron chi connectivity index (χ3n) is 4.20. The zero-order valence-corrected chi connectivity index (χ0v) is 15.3. The summed E-state index contributed by atoms with van der Waals surface area (Å²) in [5.74, 6) is -0.620. The molecule has 24 heavy (non-hydrogen) atoms. The van der Waals surface area contributed by atoms with Gasteiger partial charge in [-0.3, -0.25) is 0 Å². The molecule has 132 valence electrons. The summed E-state index contributed by atoms with van der Waals surface area (Å²) in [4.78, 5) is 24.4. The number of amides is 1. The maximum absolute atomic E-state index is 11.6. The van der Waals surface area contributed by atoms with Gasteiger partial charge < -0.3 is 19.5 Å². The van der Waals surface area contributed by atoms with Crippen LogP contribution in [0.2, 0.25) is 10.0 Å². The van der Waals surface area contributed by atoms with Gasteiger partial charge in [0.05, 0.1) is 34.7 Å². The van der Waals surface area contributed by atoms with Crippen LogP contribution < -0.4 is 0 Å². The van der Waals surface area contributed by atoms with Gasteiger partial charge in [0, 0.05) is 6.54 Å². The maximum Gasteiger partial charge on any atom is 0.407 e. The van der Waals surface area contributed by atoms with Gasteiger partial charge >= 0.3 is 6.09 Å². The number of ether oxygens (including phenoxy) is 1. The Morgan fingerprint density at radius 1 is 1.29 bits per heavy atom. The summed E-state index contributed by atoms with van der Waals surface area (Å²) in [7, 11) is 0. The first-order valence-electron chi connectivity index (χ1n) is 7.67. The van der Waals surface area contributed by atoms with Gasteiger partial charge in [-0.05, 0) is 23.1 Å². The third kappa shape index (κ3) is 4.21. The Labute approximate surface area is 151 Å². The number of carbonyl (C=O) groups excluding carboxylic acids is 1. The number of benzene rings is 1. The lowest BCUT2D eigenvalue weighted by molar-refractivity contribution is -0.120. The minimum atomic E-state index is -1.06. The van der Waals surface area contributed by atoms with Crippen molar-refractivity contribution in [3.63, 3.8) is 0 Å². The summed E-state index contributed by atoms with van der Waals surface area (Å²) < 4.78 is 6.20. The second-order valence-electron chi connectivity index (χ2n) is 7.07. The minimum Gasteiger partial charge on any atom is -0.465 e. The molecule has 1 aliphatic heterocycles. The highest BCUT2D eigenvalue weighted by Gasteiger charge is 2.39. The Balaban J connectivity index is 2.44. The first kappa shape index (κ1) is 19.0. The third-order valence-corrected chi connectivity index (χ3v) is 4.94. The zero-order valence-electron chi connectivity index (χ0n) is 13.8. The number of carbonyl (C=O) groups is 2. The van der Waals surface area contributed by atoms with E-state index in [-0.39, 0.29) is 24.6 Å². The van der Waals surface area contributed by atoms with Gasteiger partial charge in [-0.1, -0.05) is 50.0 Å². The minimum absolute atomic E-state index is 0.0797. The summed E-state index contributed by atoms with van der Waals surface area (Å²) in [6.07, 6.45) is -1.26. The van der Waals surface area contributed by atoms with Crippen LogP contribution in [0.5, 0.6) is 0 Å². The van der Waals surface area contributed by atoms with E-state index >= 15 is 0 Å². The second kappa shape index (κ2) is 7.30. The quantitative estimate of drug-likeness (QED) is 0.785. The van der Waals surface area contributed by atoms with Crippen molar-refractivity contribution in [1.29, 1.82) is 0 Å². The summed E-state index contributed by atoms with van der Waals surface area (Å²) in [5, 5.41) is 10.2. The van der Waals surface area contributed by atoms with Crippen LogP contribution in [-0.4, -0.2) is 41.6 Å². The number of hydrogen-bond acceptors (Lipinski definition) is 3. The van der Waals surface area contributed by atoms with Crippen molar-refractivity contribution in [2.45, 2.75) is 33.0 Å². The molecule has 1 fully saturated rings. The first-order valence-corrected chi connectivity index (χ1v) is 8.42. The maximum atomic E-state index is 11.6. The molecule has 0 aromatic heterocycles. The lowest BCUT2D eigenvalue weighted by atomic mass is 9.88. The fourth-order valence-corrected chi connectivity index (χ4v) is 3.02. The van der Waals surface area contributed by atoms with Crippen molar-refractivity contribution in [2.75, 3.05) is 13.1 Å². The van der Waals surface area contributed by atoms with Crippen molar-refractivity contribution in [1.82, 2.24) is 4.90 Å². The molecule has 0 radical (unpaired) electrons. The molecule has 5 nitrogen and oxygen atoms in total. The Morgan fingerprint density at radius 3 is 2.46 bits per heavy atom. The van der Waals surface area contributed by atoms with Crippen LogP contribution in [0.4, 0.5) is 4.79 Å². The molecule has 0 saturated carbocycles. The molecule has 1 saturated heterocycles. The lowest BCUT2D eigenvalue weighted by Crippen LogP contribution is -2.42. The van der Waals surface area contributed by atoms with Gasteiger partial charge in [-0.25, -0.2) is 4.79 Å². The monoisotopic (exact) mass is 373 g/mol. The van der Waals surface area contributed by atoms with Gasteiger partial charge in [-0.2, -0.15) is 0 Å². The number of halogens is 2.